The Hall–Kier alpha value is -0.570. The van der Waals surface area contributed by atoms with Crippen LogP contribution in [0.1, 0.15) is 58.8 Å². The number of amides is 1. The van der Waals surface area contributed by atoms with Gasteiger partial charge in [0.25, 0.3) is 0 Å². The molecule has 3 nitrogen and oxygen atoms in total. The molecule has 1 amide bonds. The van der Waals surface area contributed by atoms with E-state index in [0.29, 0.717) is 17.9 Å². The van der Waals surface area contributed by atoms with Crippen LogP contribution in [0.15, 0.2) is 0 Å². The van der Waals surface area contributed by atoms with E-state index in [-0.39, 0.29) is 0 Å². The maximum absolute atomic E-state index is 11.9. The normalized spacial score (nSPS) is 35.4. The highest BCUT2D eigenvalue weighted by atomic mass is 16.2. The van der Waals surface area contributed by atoms with Crippen LogP contribution in [-0.2, 0) is 4.79 Å². The highest BCUT2D eigenvalue weighted by molar-refractivity contribution is 5.81. The van der Waals surface area contributed by atoms with Crippen molar-refractivity contribution in [3.8, 4) is 0 Å². The van der Waals surface area contributed by atoms with Crippen LogP contribution in [0.4, 0.5) is 0 Å². The van der Waals surface area contributed by atoms with Gasteiger partial charge in [-0.3, -0.25) is 9.69 Å². The molecule has 3 fully saturated rings. The second-order valence-electron chi connectivity index (χ2n) is 7.28. The van der Waals surface area contributed by atoms with E-state index in [1.165, 1.54) is 38.6 Å². The minimum Gasteiger partial charge on any atom is -0.353 e. The van der Waals surface area contributed by atoms with Gasteiger partial charge in [-0.25, -0.2) is 0 Å². The minimum absolute atomic E-state index is 0.334. The standard InChI is InChI=1S/C16H28N2O/c1-11(2)10-18-14-4-3-5-15(18)9-13(8-14)17-16(19)12-6-7-12/h11-15H,3-10H2,1-2H3,(H,17,19)/t14-,15-/m0/s1. The van der Waals surface area contributed by atoms with Gasteiger partial charge < -0.3 is 5.32 Å². The van der Waals surface area contributed by atoms with Crippen molar-refractivity contribution in [3.05, 3.63) is 0 Å². The second kappa shape index (κ2) is 5.43. The molecule has 3 aliphatic rings. The summed E-state index contributed by atoms with van der Waals surface area (Å²) in [5, 5.41) is 3.32. The van der Waals surface area contributed by atoms with Crippen molar-refractivity contribution >= 4 is 5.91 Å². The van der Waals surface area contributed by atoms with E-state index in [1.54, 1.807) is 0 Å². The van der Waals surface area contributed by atoms with Crippen molar-refractivity contribution < 1.29 is 4.79 Å². The van der Waals surface area contributed by atoms with Gasteiger partial charge in [0.1, 0.15) is 0 Å². The highest BCUT2D eigenvalue weighted by Crippen LogP contribution is 2.35. The number of rotatable bonds is 4. The molecule has 3 heteroatoms. The first-order chi connectivity index (χ1) is 9.13. The first-order valence-corrected chi connectivity index (χ1v) is 8.19. The van der Waals surface area contributed by atoms with Crippen LogP contribution in [-0.4, -0.2) is 35.5 Å². The first-order valence-electron chi connectivity index (χ1n) is 8.19. The Labute approximate surface area is 117 Å². The van der Waals surface area contributed by atoms with E-state index in [0.717, 1.165) is 30.8 Å². The van der Waals surface area contributed by atoms with Crippen molar-refractivity contribution in [2.45, 2.75) is 76.9 Å². The number of carbonyl (C=O) groups excluding carboxylic acids is 1. The molecule has 1 N–H and O–H groups in total. The molecule has 0 aromatic carbocycles. The number of nitrogens with zero attached hydrogens (tertiary/aromatic N) is 1. The molecule has 1 aliphatic carbocycles. The summed E-state index contributed by atoms with van der Waals surface area (Å²) in [7, 11) is 0. The molecule has 1 saturated carbocycles. The van der Waals surface area contributed by atoms with E-state index in [1.807, 2.05) is 0 Å². The lowest BCUT2D eigenvalue weighted by Gasteiger charge is -2.49. The molecular formula is C16H28N2O. The van der Waals surface area contributed by atoms with E-state index in [2.05, 4.69) is 24.1 Å². The summed E-state index contributed by atoms with van der Waals surface area (Å²) in [6, 6.07) is 1.89. The minimum atomic E-state index is 0.334. The SMILES string of the molecule is CC(C)CN1[C@H]2CCC[C@H]1CC(NC(=O)C1CC1)C2. The fourth-order valence-electron chi connectivity index (χ4n) is 3.98. The third kappa shape index (κ3) is 3.13. The molecule has 3 rings (SSSR count). The van der Waals surface area contributed by atoms with E-state index in [9.17, 15) is 4.79 Å². The van der Waals surface area contributed by atoms with Gasteiger partial charge in [0.2, 0.25) is 5.91 Å². The Balaban J connectivity index is 1.59. The predicted molar refractivity (Wildman–Crippen MR) is 76.9 cm³/mol. The van der Waals surface area contributed by atoms with Crippen LogP contribution in [0.3, 0.4) is 0 Å². The molecule has 0 unspecified atom stereocenters. The van der Waals surface area contributed by atoms with E-state index >= 15 is 0 Å². The number of fused-ring (bicyclic) bond motifs is 2. The molecule has 0 aromatic rings. The summed E-state index contributed by atoms with van der Waals surface area (Å²) in [6.07, 6.45) is 8.64. The van der Waals surface area contributed by atoms with Crippen molar-refractivity contribution in [2.24, 2.45) is 11.8 Å². The Kier molecular flexibility index (Phi) is 3.84. The maximum atomic E-state index is 11.9. The fourth-order valence-corrected chi connectivity index (χ4v) is 3.98. The zero-order valence-corrected chi connectivity index (χ0v) is 12.4. The van der Waals surface area contributed by atoms with Crippen LogP contribution in [0.5, 0.6) is 0 Å². The summed E-state index contributed by atoms with van der Waals surface area (Å²) < 4.78 is 0. The van der Waals surface area contributed by atoms with Crippen LogP contribution < -0.4 is 5.32 Å². The number of carbonyl (C=O) groups is 1. The molecule has 2 heterocycles. The summed E-state index contributed by atoms with van der Waals surface area (Å²) in [6.45, 7) is 5.87. The van der Waals surface area contributed by atoms with E-state index < -0.39 is 0 Å². The number of hydrogen-bond acceptors (Lipinski definition) is 2. The van der Waals surface area contributed by atoms with Crippen LogP contribution in [0.2, 0.25) is 0 Å². The topological polar surface area (TPSA) is 32.3 Å². The molecule has 2 aliphatic heterocycles. The van der Waals surface area contributed by atoms with Crippen LogP contribution in [0, 0.1) is 11.8 Å². The Morgan fingerprint density at radius 3 is 2.32 bits per heavy atom. The van der Waals surface area contributed by atoms with Gasteiger partial charge >= 0.3 is 0 Å². The van der Waals surface area contributed by atoms with Gasteiger partial charge in [-0.1, -0.05) is 20.3 Å². The average Bonchev–Trinajstić information content (AvgIpc) is 3.13. The van der Waals surface area contributed by atoms with Gasteiger partial charge in [0.05, 0.1) is 0 Å². The van der Waals surface area contributed by atoms with Gasteiger partial charge in [-0.15, -0.1) is 0 Å². The second-order valence-corrected chi connectivity index (χ2v) is 7.28. The summed E-state index contributed by atoms with van der Waals surface area (Å²) in [5.74, 6) is 1.44. The predicted octanol–water partition coefficient (Wildman–Crippen LogP) is 2.55. The van der Waals surface area contributed by atoms with Crippen molar-refractivity contribution in [1.82, 2.24) is 10.2 Å². The lowest BCUT2D eigenvalue weighted by atomic mass is 9.81. The smallest absolute Gasteiger partial charge is 0.223 e. The summed E-state index contributed by atoms with van der Waals surface area (Å²) >= 11 is 0. The van der Waals surface area contributed by atoms with Crippen LogP contribution >= 0.6 is 0 Å². The quantitative estimate of drug-likeness (QED) is 0.846. The Bertz CT molecular complexity index is 324. The third-order valence-electron chi connectivity index (χ3n) is 5.00. The number of piperidine rings is 2. The maximum Gasteiger partial charge on any atom is 0.223 e. The molecule has 108 valence electrons. The Morgan fingerprint density at radius 2 is 1.79 bits per heavy atom. The van der Waals surface area contributed by atoms with Crippen molar-refractivity contribution in [3.63, 3.8) is 0 Å². The zero-order chi connectivity index (χ0) is 13.4. The molecule has 2 atom stereocenters. The number of hydrogen-bond donors (Lipinski definition) is 1. The third-order valence-corrected chi connectivity index (χ3v) is 5.00. The lowest BCUT2D eigenvalue weighted by Crippen LogP contribution is -2.57. The lowest BCUT2D eigenvalue weighted by molar-refractivity contribution is -0.123. The molecule has 0 spiro atoms. The summed E-state index contributed by atoms with van der Waals surface area (Å²) in [4.78, 5) is 14.7. The Morgan fingerprint density at radius 1 is 1.16 bits per heavy atom. The van der Waals surface area contributed by atoms with Crippen molar-refractivity contribution in [1.29, 1.82) is 0 Å². The van der Waals surface area contributed by atoms with Gasteiger partial charge in [0.15, 0.2) is 0 Å². The molecule has 0 radical (unpaired) electrons. The fraction of sp³-hybridized carbons (Fsp3) is 0.938. The monoisotopic (exact) mass is 264 g/mol. The average molecular weight is 264 g/mol. The number of nitrogens with one attached hydrogen (secondary N) is 1. The van der Waals surface area contributed by atoms with Crippen molar-refractivity contribution in [2.75, 3.05) is 6.54 Å². The molecule has 2 saturated heterocycles. The van der Waals surface area contributed by atoms with Gasteiger partial charge in [0, 0.05) is 30.6 Å². The molecule has 19 heavy (non-hydrogen) atoms. The van der Waals surface area contributed by atoms with Gasteiger partial charge in [-0.05, 0) is 44.4 Å². The van der Waals surface area contributed by atoms with Crippen LogP contribution in [0.25, 0.3) is 0 Å². The van der Waals surface area contributed by atoms with E-state index in [4.69, 9.17) is 0 Å². The summed E-state index contributed by atoms with van der Waals surface area (Å²) in [5.41, 5.74) is 0. The largest absolute Gasteiger partial charge is 0.353 e. The zero-order valence-electron chi connectivity index (χ0n) is 12.4. The molecule has 0 aromatic heterocycles. The highest BCUT2D eigenvalue weighted by Gasteiger charge is 2.40. The molecule has 2 bridgehead atoms. The first kappa shape index (κ1) is 13.4. The molecular weight excluding hydrogens is 236 g/mol. The van der Waals surface area contributed by atoms with Gasteiger partial charge in [-0.2, -0.15) is 0 Å².